The normalized spacial score (nSPS) is 12.3. The van der Waals surface area contributed by atoms with Crippen LogP contribution in [0.4, 0.5) is 8.78 Å². The monoisotopic (exact) mass is 215 g/mol. The van der Waals surface area contributed by atoms with E-state index in [9.17, 15) is 13.6 Å². The van der Waals surface area contributed by atoms with Gasteiger partial charge in [-0.15, -0.1) is 0 Å². The van der Waals surface area contributed by atoms with Gasteiger partial charge < -0.3 is 5.73 Å². The van der Waals surface area contributed by atoms with Crippen LogP contribution in [0.15, 0.2) is 18.2 Å². The van der Waals surface area contributed by atoms with E-state index in [1.165, 1.54) is 7.05 Å². The van der Waals surface area contributed by atoms with Crippen LogP contribution in [0.5, 0.6) is 0 Å². The Bertz CT molecular complexity index is 370. The molecule has 0 aliphatic carbocycles. The molecule has 0 bridgehead atoms. The molecule has 0 spiro atoms. The van der Waals surface area contributed by atoms with E-state index >= 15 is 0 Å². The summed E-state index contributed by atoms with van der Waals surface area (Å²) in [5.74, 6) is -1.99. The zero-order valence-corrected chi connectivity index (χ0v) is 8.05. The van der Waals surface area contributed by atoms with Crippen LogP contribution < -0.4 is 16.6 Å². The quantitative estimate of drug-likeness (QED) is 0.632. The van der Waals surface area contributed by atoms with Gasteiger partial charge in [0.1, 0.15) is 17.7 Å². The lowest BCUT2D eigenvalue weighted by Gasteiger charge is -2.12. The van der Waals surface area contributed by atoms with Crippen LogP contribution in [-0.2, 0) is 4.79 Å². The summed E-state index contributed by atoms with van der Waals surface area (Å²) < 4.78 is 26.0. The Hall–Kier alpha value is -1.53. The van der Waals surface area contributed by atoms with Crippen LogP contribution >= 0.6 is 0 Å². The van der Waals surface area contributed by atoms with Crippen LogP contribution in [0.1, 0.15) is 11.6 Å². The molecule has 1 amide bonds. The molecular weight excluding hydrogens is 204 g/mol. The molecule has 0 heterocycles. The van der Waals surface area contributed by atoms with Crippen molar-refractivity contribution in [1.29, 1.82) is 0 Å². The lowest BCUT2D eigenvalue weighted by atomic mass is 10.1. The van der Waals surface area contributed by atoms with Gasteiger partial charge in [-0.05, 0) is 18.2 Å². The second-order valence-electron chi connectivity index (χ2n) is 2.88. The minimum Gasteiger partial charge on any atom is -0.316 e. The van der Waals surface area contributed by atoms with Gasteiger partial charge in [0.2, 0.25) is 0 Å². The summed E-state index contributed by atoms with van der Waals surface area (Å²) in [6, 6.07) is 1.54. The summed E-state index contributed by atoms with van der Waals surface area (Å²) in [7, 11) is 1.46. The van der Waals surface area contributed by atoms with Gasteiger partial charge >= 0.3 is 0 Å². The van der Waals surface area contributed by atoms with E-state index < -0.39 is 23.6 Å². The highest BCUT2D eigenvalue weighted by molar-refractivity contribution is 5.82. The summed E-state index contributed by atoms with van der Waals surface area (Å²) in [6.07, 6.45) is 0. The molecule has 0 aliphatic heterocycles. The maximum absolute atomic E-state index is 13.2. The third-order valence-electron chi connectivity index (χ3n) is 1.82. The van der Waals surface area contributed by atoms with Crippen molar-refractivity contribution in [1.82, 2.24) is 10.9 Å². The largest absolute Gasteiger partial charge is 0.316 e. The van der Waals surface area contributed by atoms with Crippen molar-refractivity contribution in [3.05, 3.63) is 35.4 Å². The Labute approximate surface area is 85.4 Å². The first kappa shape index (κ1) is 11.5. The number of rotatable bonds is 3. The number of hydrogen-bond donors (Lipinski definition) is 3. The number of benzene rings is 1. The van der Waals surface area contributed by atoms with E-state index in [2.05, 4.69) is 10.9 Å². The SMILES string of the molecule is CNNC(=O)C(N)c1cc(F)ccc1F. The molecule has 82 valence electrons. The number of halogens is 2. The third kappa shape index (κ3) is 2.71. The highest BCUT2D eigenvalue weighted by Crippen LogP contribution is 2.16. The second kappa shape index (κ2) is 4.81. The first-order valence-electron chi connectivity index (χ1n) is 4.23. The number of nitrogens with two attached hydrogens (primary N) is 1. The fourth-order valence-electron chi connectivity index (χ4n) is 1.10. The standard InChI is InChI=1S/C9H11F2N3O/c1-13-14-9(15)8(12)6-4-5(10)2-3-7(6)11/h2-4,8,13H,12H2,1H3,(H,14,15). The summed E-state index contributed by atoms with van der Waals surface area (Å²) in [4.78, 5) is 11.2. The number of amides is 1. The predicted octanol–water partition coefficient (Wildman–Crippen LogP) is 0.215. The van der Waals surface area contributed by atoms with Crippen LogP contribution in [0.25, 0.3) is 0 Å². The van der Waals surface area contributed by atoms with Crippen LogP contribution in [-0.4, -0.2) is 13.0 Å². The fraction of sp³-hybridized carbons (Fsp3) is 0.222. The lowest BCUT2D eigenvalue weighted by Crippen LogP contribution is -2.41. The Kier molecular flexibility index (Phi) is 3.70. The molecule has 0 saturated heterocycles. The predicted molar refractivity (Wildman–Crippen MR) is 50.5 cm³/mol. The molecule has 6 heteroatoms. The molecular formula is C9H11F2N3O. The van der Waals surface area contributed by atoms with E-state index in [1.54, 1.807) is 0 Å². The molecule has 1 atom stereocenters. The third-order valence-corrected chi connectivity index (χ3v) is 1.82. The summed E-state index contributed by atoms with van der Waals surface area (Å²) in [6.45, 7) is 0. The molecule has 1 aromatic rings. The summed E-state index contributed by atoms with van der Waals surface area (Å²) in [5.41, 5.74) is 9.80. The molecule has 0 aliphatic rings. The van der Waals surface area contributed by atoms with Gasteiger partial charge in [0.05, 0.1) is 0 Å². The highest BCUT2D eigenvalue weighted by Gasteiger charge is 2.19. The van der Waals surface area contributed by atoms with E-state index in [1.807, 2.05) is 0 Å². The number of carbonyl (C=O) groups excluding carboxylic acids is 1. The molecule has 1 aromatic carbocycles. The van der Waals surface area contributed by atoms with Gasteiger partial charge in [0.15, 0.2) is 0 Å². The van der Waals surface area contributed by atoms with Crippen LogP contribution in [0.3, 0.4) is 0 Å². The zero-order chi connectivity index (χ0) is 11.4. The Morgan fingerprint density at radius 2 is 2.13 bits per heavy atom. The van der Waals surface area contributed by atoms with Crippen molar-refractivity contribution in [2.24, 2.45) is 5.73 Å². The minimum absolute atomic E-state index is 0.178. The van der Waals surface area contributed by atoms with Crippen molar-refractivity contribution >= 4 is 5.91 Å². The van der Waals surface area contributed by atoms with Gasteiger partial charge in [-0.1, -0.05) is 0 Å². The molecule has 0 radical (unpaired) electrons. The van der Waals surface area contributed by atoms with E-state index in [0.717, 1.165) is 18.2 Å². The van der Waals surface area contributed by atoms with Gasteiger partial charge in [-0.25, -0.2) is 14.2 Å². The van der Waals surface area contributed by atoms with Gasteiger partial charge in [-0.3, -0.25) is 10.2 Å². The van der Waals surface area contributed by atoms with Crippen molar-refractivity contribution in [2.45, 2.75) is 6.04 Å². The minimum atomic E-state index is -1.24. The van der Waals surface area contributed by atoms with Gasteiger partial charge in [0, 0.05) is 12.6 Å². The number of hydrogen-bond acceptors (Lipinski definition) is 3. The number of nitrogens with one attached hydrogen (secondary N) is 2. The van der Waals surface area contributed by atoms with Crippen molar-refractivity contribution in [2.75, 3.05) is 7.05 Å². The first-order valence-corrected chi connectivity index (χ1v) is 4.23. The lowest BCUT2D eigenvalue weighted by molar-refractivity contribution is -0.123. The van der Waals surface area contributed by atoms with Crippen molar-refractivity contribution in [3.8, 4) is 0 Å². The summed E-state index contributed by atoms with van der Waals surface area (Å²) >= 11 is 0. The fourth-order valence-corrected chi connectivity index (χ4v) is 1.10. The topological polar surface area (TPSA) is 67.1 Å². The van der Waals surface area contributed by atoms with Crippen LogP contribution in [0, 0.1) is 11.6 Å². The van der Waals surface area contributed by atoms with Crippen molar-refractivity contribution < 1.29 is 13.6 Å². The first-order chi connectivity index (χ1) is 7.06. The average molecular weight is 215 g/mol. The molecule has 1 rings (SSSR count). The van der Waals surface area contributed by atoms with Gasteiger partial charge in [-0.2, -0.15) is 0 Å². The Morgan fingerprint density at radius 1 is 1.47 bits per heavy atom. The maximum atomic E-state index is 13.2. The van der Waals surface area contributed by atoms with E-state index in [-0.39, 0.29) is 5.56 Å². The molecule has 15 heavy (non-hydrogen) atoms. The molecule has 4 N–H and O–H groups in total. The molecule has 0 saturated carbocycles. The van der Waals surface area contributed by atoms with E-state index in [0.29, 0.717) is 0 Å². The maximum Gasteiger partial charge on any atom is 0.255 e. The zero-order valence-electron chi connectivity index (χ0n) is 8.05. The molecule has 0 fully saturated rings. The smallest absolute Gasteiger partial charge is 0.255 e. The molecule has 4 nitrogen and oxygen atoms in total. The molecule has 1 unspecified atom stereocenters. The Morgan fingerprint density at radius 3 is 2.73 bits per heavy atom. The van der Waals surface area contributed by atoms with Gasteiger partial charge in [0.25, 0.3) is 5.91 Å². The second-order valence-corrected chi connectivity index (χ2v) is 2.88. The average Bonchev–Trinajstić information content (AvgIpc) is 2.21. The number of hydrazine groups is 1. The van der Waals surface area contributed by atoms with Crippen LogP contribution in [0.2, 0.25) is 0 Å². The number of carbonyl (C=O) groups is 1. The summed E-state index contributed by atoms with van der Waals surface area (Å²) in [5, 5.41) is 0. The molecule has 0 aromatic heterocycles. The van der Waals surface area contributed by atoms with Crippen molar-refractivity contribution in [3.63, 3.8) is 0 Å². The van der Waals surface area contributed by atoms with E-state index in [4.69, 9.17) is 5.73 Å². The highest BCUT2D eigenvalue weighted by atomic mass is 19.1. The Balaban J connectivity index is 2.94.